The normalized spacial score (nSPS) is 15.0. The molecule has 1 N–H and O–H groups in total. The number of nitrogens with one attached hydrogen (secondary N) is 1. The fourth-order valence-corrected chi connectivity index (χ4v) is 4.28. The van der Waals surface area contributed by atoms with E-state index in [-0.39, 0.29) is 24.0 Å². The zero-order valence-corrected chi connectivity index (χ0v) is 16.0. The molecule has 1 aromatic heterocycles. The third-order valence-corrected chi connectivity index (χ3v) is 6.16. The highest BCUT2D eigenvalue weighted by Crippen LogP contribution is 2.26. The van der Waals surface area contributed by atoms with Crippen LogP contribution < -0.4 is 5.32 Å². The quantitative estimate of drug-likeness (QED) is 0.779. The molecule has 0 saturated carbocycles. The van der Waals surface area contributed by atoms with Crippen molar-refractivity contribution in [3.05, 3.63) is 57.8 Å². The van der Waals surface area contributed by atoms with Gasteiger partial charge in [0.15, 0.2) is 0 Å². The molecular formula is C18H20N2O4S2. The lowest BCUT2D eigenvalue weighted by atomic mass is 10.1. The molecule has 0 saturated heterocycles. The van der Waals surface area contributed by atoms with Gasteiger partial charge in [-0.3, -0.25) is 9.59 Å². The number of thiophene rings is 1. The smallest absolute Gasteiger partial charge is 0.255 e. The van der Waals surface area contributed by atoms with Gasteiger partial charge >= 0.3 is 0 Å². The minimum Gasteiger partial charge on any atom is -0.349 e. The lowest BCUT2D eigenvalue weighted by Gasteiger charge is -2.26. The molecule has 2 heterocycles. The summed E-state index contributed by atoms with van der Waals surface area (Å²) in [5, 5.41) is 4.75. The molecule has 0 aliphatic carbocycles. The van der Waals surface area contributed by atoms with E-state index in [1.165, 1.54) is 16.2 Å². The highest BCUT2D eigenvalue weighted by molar-refractivity contribution is 7.90. The third-order valence-electron chi connectivity index (χ3n) is 4.31. The van der Waals surface area contributed by atoms with E-state index in [4.69, 9.17) is 0 Å². The van der Waals surface area contributed by atoms with E-state index in [9.17, 15) is 18.0 Å². The highest BCUT2D eigenvalue weighted by Gasteiger charge is 2.36. The molecule has 0 spiro atoms. The number of rotatable bonds is 7. The number of sulfone groups is 1. The maximum Gasteiger partial charge on any atom is 0.255 e. The van der Waals surface area contributed by atoms with Crippen LogP contribution >= 0.6 is 11.3 Å². The molecule has 2 aromatic rings. The average molecular weight is 393 g/mol. The van der Waals surface area contributed by atoms with Crippen molar-refractivity contribution in [3.63, 3.8) is 0 Å². The summed E-state index contributed by atoms with van der Waals surface area (Å²) in [6.45, 7) is 0.677. The minimum absolute atomic E-state index is 0.0782. The lowest BCUT2D eigenvalue weighted by Crippen LogP contribution is -2.47. The van der Waals surface area contributed by atoms with Crippen molar-refractivity contribution in [3.8, 4) is 0 Å². The van der Waals surface area contributed by atoms with Gasteiger partial charge in [0, 0.05) is 23.2 Å². The molecule has 0 bridgehead atoms. The molecule has 8 heteroatoms. The molecule has 1 aliphatic rings. The lowest BCUT2D eigenvalue weighted by molar-refractivity contribution is -0.126. The molecule has 2 amide bonds. The molecule has 6 nitrogen and oxygen atoms in total. The van der Waals surface area contributed by atoms with Gasteiger partial charge in [-0.25, -0.2) is 8.42 Å². The van der Waals surface area contributed by atoms with Gasteiger partial charge in [0.2, 0.25) is 5.91 Å². The molecule has 1 aromatic carbocycles. The fourth-order valence-electron chi connectivity index (χ4n) is 2.99. The van der Waals surface area contributed by atoms with Crippen LogP contribution in [-0.2, 0) is 27.7 Å². The Labute approximate surface area is 156 Å². The van der Waals surface area contributed by atoms with Gasteiger partial charge in [-0.1, -0.05) is 24.3 Å². The Morgan fingerprint density at radius 3 is 2.69 bits per heavy atom. The average Bonchev–Trinajstić information content (AvgIpc) is 3.21. The molecule has 26 heavy (non-hydrogen) atoms. The number of carbonyl (C=O) groups is 2. The van der Waals surface area contributed by atoms with Crippen LogP contribution in [0.5, 0.6) is 0 Å². The summed E-state index contributed by atoms with van der Waals surface area (Å²) in [6.07, 6.45) is 1.21. The number of amides is 2. The number of hydrogen-bond acceptors (Lipinski definition) is 5. The van der Waals surface area contributed by atoms with Gasteiger partial charge < -0.3 is 10.2 Å². The number of nitrogens with zero attached hydrogens (tertiary/aromatic N) is 1. The number of fused-ring (bicyclic) bond motifs is 1. The van der Waals surface area contributed by atoms with Gasteiger partial charge in [-0.2, -0.15) is 0 Å². The topological polar surface area (TPSA) is 83.6 Å². The number of hydrogen-bond donors (Lipinski definition) is 1. The Balaban J connectivity index is 1.77. The summed E-state index contributed by atoms with van der Waals surface area (Å²) in [5.74, 6) is -0.710. The molecule has 1 aliphatic heterocycles. The van der Waals surface area contributed by atoms with Crippen molar-refractivity contribution < 1.29 is 18.0 Å². The van der Waals surface area contributed by atoms with Crippen molar-refractivity contribution in [2.75, 3.05) is 12.0 Å². The Kier molecular flexibility index (Phi) is 5.43. The van der Waals surface area contributed by atoms with Crippen LogP contribution in [0, 0.1) is 0 Å². The Morgan fingerprint density at radius 2 is 2.04 bits per heavy atom. The van der Waals surface area contributed by atoms with Gasteiger partial charge in [0.25, 0.3) is 5.91 Å². The van der Waals surface area contributed by atoms with Crippen LogP contribution in [0.25, 0.3) is 0 Å². The van der Waals surface area contributed by atoms with E-state index in [0.717, 1.165) is 16.7 Å². The van der Waals surface area contributed by atoms with Crippen LogP contribution in [0.3, 0.4) is 0 Å². The molecular weight excluding hydrogens is 372 g/mol. The van der Waals surface area contributed by atoms with Gasteiger partial charge in [-0.15, -0.1) is 11.3 Å². The monoisotopic (exact) mass is 392 g/mol. The first kappa shape index (κ1) is 18.6. The van der Waals surface area contributed by atoms with Gasteiger partial charge in [-0.05, 0) is 29.5 Å². The Hall–Kier alpha value is -2.19. The Morgan fingerprint density at radius 1 is 1.27 bits per heavy atom. The first-order chi connectivity index (χ1) is 12.3. The predicted octanol–water partition coefficient (Wildman–Crippen LogP) is 1.82. The first-order valence-corrected chi connectivity index (χ1v) is 11.2. The van der Waals surface area contributed by atoms with Crippen LogP contribution in [0.15, 0.2) is 41.8 Å². The minimum atomic E-state index is -3.24. The zero-order valence-electron chi connectivity index (χ0n) is 14.3. The third kappa shape index (κ3) is 4.31. The molecule has 1 unspecified atom stereocenters. The van der Waals surface area contributed by atoms with Crippen molar-refractivity contribution in [1.82, 2.24) is 10.2 Å². The summed E-state index contributed by atoms with van der Waals surface area (Å²) in [7, 11) is -3.24. The first-order valence-electron chi connectivity index (χ1n) is 8.22. The largest absolute Gasteiger partial charge is 0.349 e. The SMILES string of the molecule is CS(=O)(=O)CCC(C(=O)NCc1cccs1)N1Cc2ccccc2C1=O. The maximum atomic E-state index is 12.7. The van der Waals surface area contributed by atoms with Crippen molar-refractivity contribution >= 4 is 33.0 Å². The molecule has 1 atom stereocenters. The van der Waals surface area contributed by atoms with E-state index in [0.29, 0.717) is 18.7 Å². The van der Waals surface area contributed by atoms with Crippen LogP contribution in [0.2, 0.25) is 0 Å². The second-order valence-corrected chi connectivity index (χ2v) is 9.61. The van der Waals surface area contributed by atoms with Crippen LogP contribution in [-0.4, -0.2) is 43.2 Å². The highest BCUT2D eigenvalue weighted by atomic mass is 32.2. The van der Waals surface area contributed by atoms with Crippen LogP contribution in [0.4, 0.5) is 0 Å². The maximum absolute atomic E-state index is 12.7. The van der Waals surface area contributed by atoms with E-state index in [1.807, 2.05) is 29.6 Å². The number of carbonyl (C=O) groups excluding carboxylic acids is 2. The van der Waals surface area contributed by atoms with E-state index in [1.54, 1.807) is 12.1 Å². The van der Waals surface area contributed by atoms with Gasteiger partial charge in [0.1, 0.15) is 15.9 Å². The molecule has 0 fully saturated rings. The second-order valence-electron chi connectivity index (χ2n) is 6.32. The molecule has 0 radical (unpaired) electrons. The van der Waals surface area contributed by atoms with Crippen LogP contribution in [0.1, 0.15) is 27.2 Å². The number of benzene rings is 1. The molecule has 3 rings (SSSR count). The van der Waals surface area contributed by atoms with Crippen molar-refractivity contribution in [1.29, 1.82) is 0 Å². The molecule has 138 valence electrons. The Bertz CT molecular complexity index is 907. The fraction of sp³-hybridized carbons (Fsp3) is 0.333. The summed E-state index contributed by atoms with van der Waals surface area (Å²) in [6, 6.07) is 10.2. The predicted molar refractivity (Wildman–Crippen MR) is 101 cm³/mol. The van der Waals surface area contributed by atoms with E-state index >= 15 is 0 Å². The summed E-state index contributed by atoms with van der Waals surface area (Å²) in [5.41, 5.74) is 1.43. The standard InChI is InChI=1S/C18H20N2O4S2/c1-26(23,24)10-8-16(17(21)19-11-14-6-4-9-25-14)20-12-13-5-2-3-7-15(13)18(20)22/h2-7,9,16H,8,10-12H2,1H3,(H,19,21). The van der Waals surface area contributed by atoms with Crippen molar-refractivity contribution in [2.24, 2.45) is 0 Å². The van der Waals surface area contributed by atoms with Crippen molar-refractivity contribution in [2.45, 2.75) is 25.6 Å². The summed E-state index contributed by atoms with van der Waals surface area (Å²) < 4.78 is 23.2. The van der Waals surface area contributed by atoms with E-state index < -0.39 is 15.9 Å². The van der Waals surface area contributed by atoms with E-state index in [2.05, 4.69) is 5.32 Å². The summed E-state index contributed by atoms with van der Waals surface area (Å²) >= 11 is 1.53. The second kappa shape index (κ2) is 7.59. The van der Waals surface area contributed by atoms with Gasteiger partial charge in [0.05, 0.1) is 12.3 Å². The zero-order chi connectivity index (χ0) is 18.7. The summed E-state index contributed by atoms with van der Waals surface area (Å²) in [4.78, 5) is 27.9.